The Balaban J connectivity index is 1.78. The monoisotopic (exact) mass is 354 g/mol. The molecule has 1 aromatic heterocycles. The zero-order valence-electron chi connectivity index (χ0n) is 12.3. The van der Waals surface area contributed by atoms with Gasteiger partial charge in [0.05, 0.1) is 0 Å². The molecule has 0 aliphatic rings. The third-order valence-electron chi connectivity index (χ3n) is 2.68. The van der Waals surface area contributed by atoms with Gasteiger partial charge < -0.3 is 0 Å². The van der Waals surface area contributed by atoms with E-state index in [2.05, 4.69) is 10.5 Å². The number of nitrogens with one attached hydrogen (secondary N) is 1. The molecule has 24 heavy (non-hydrogen) atoms. The van der Waals surface area contributed by atoms with Crippen molar-refractivity contribution < 1.29 is 22.8 Å². The number of hydrogen-bond acceptors (Lipinski definition) is 4. The van der Waals surface area contributed by atoms with Crippen LogP contribution in [-0.4, -0.2) is 16.4 Å². The molecule has 1 heterocycles. The van der Waals surface area contributed by atoms with Crippen LogP contribution in [0.15, 0.2) is 59.8 Å². The lowest BCUT2D eigenvalue weighted by Crippen LogP contribution is -2.21. The van der Waals surface area contributed by atoms with Crippen LogP contribution in [0.5, 0.6) is 0 Å². The molecule has 0 atom stereocenters. The summed E-state index contributed by atoms with van der Waals surface area (Å²) in [5, 5.41) is 0. The molecule has 1 amide bonds. The van der Waals surface area contributed by atoms with Gasteiger partial charge in [0.1, 0.15) is 6.61 Å². The van der Waals surface area contributed by atoms with Crippen LogP contribution in [0.2, 0.25) is 0 Å². The number of nitrogens with zero attached hydrogens (tertiary/aromatic N) is 1. The maximum Gasteiger partial charge on any atom is 0.446 e. The number of amides is 1. The predicted molar refractivity (Wildman–Crippen MR) is 84.6 cm³/mol. The van der Waals surface area contributed by atoms with Gasteiger partial charge in [0.15, 0.2) is 0 Å². The molecule has 0 radical (unpaired) electrons. The van der Waals surface area contributed by atoms with Gasteiger partial charge in [-0.3, -0.25) is 14.6 Å². The highest BCUT2D eigenvalue weighted by molar-refractivity contribution is 8.00. The lowest BCUT2D eigenvalue weighted by Gasteiger charge is -2.05. The number of pyridine rings is 1. The van der Waals surface area contributed by atoms with E-state index in [0.29, 0.717) is 5.56 Å². The van der Waals surface area contributed by atoms with Gasteiger partial charge in [-0.05, 0) is 47.2 Å². The lowest BCUT2D eigenvalue weighted by molar-refractivity contribution is -0.129. The predicted octanol–water partition coefficient (Wildman–Crippen LogP) is 3.95. The fourth-order valence-electron chi connectivity index (χ4n) is 1.66. The molecule has 1 aromatic carbocycles. The molecule has 4 nitrogen and oxygen atoms in total. The number of thioether (sulfide) groups is 1. The van der Waals surface area contributed by atoms with E-state index in [9.17, 15) is 18.0 Å². The Morgan fingerprint density at radius 3 is 2.62 bits per heavy atom. The standard InChI is InChI=1S/C16H13F3N2O2S/c17-16(18,19)24-14-6-3-12(4-7-14)5-8-15(22)21-23-11-13-2-1-9-20-10-13/h1-10H,11H2,(H,21,22)/b8-5+. The van der Waals surface area contributed by atoms with Crippen molar-refractivity contribution >= 4 is 23.7 Å². The van der Waals surface area contributed by atoms with E-state index in [1.165, 1.54) is 36.4 Å². The Labute approximate surface area is 140 Å². The number of halogens is 3. The molecule has 0 bridgehead atoms. The number of alkyl halides is 3. The summed E-state index contributed by atoms with van der Waals surface area (Å²) in [4.78, 5) is 20.6. The van der Waals surface area contributed by atoms with Crippen molar-refractivity contribution in [2.24, 2.45) is 0 Å². The van der Waals surface area contributed by atoms with Gasteiger partial charge in [0.2, 0.25) is 0 Å². The molecule has 8 heteroatoms. The molecule has 0 saturated carbocycles. The van der Waals surface area contributed by atoms with Gasteiger partial charge >= 0.3 is 5.51 Å². The summed E-state index contributed by atoms with van der Waals surface area (Å²) in [7, 11) is 0. The topological polar surface area (TPSA) is 51.2 Å². The molecular formula is C16H13F3N2O2S. The van der Waals surface area contributed by atoms with E-state index < -0.39 is 11.4 Å². The normalized spacial score (nSPS) is 11.6. The molecule has 0 spiro atoms. The van der Waals surface area contributed by atoms with Crippen LogP contribution in [0.1, 0.15) is 11.1 Å². The molecule has 2 aromatic rings. The molecule has 0 fully saturated rings. The first-order valence-electron chi connectivity index (χ1n) is 6.77. The van der Waals surface area contributed by atoms with E-state index in [4.69, 9.17) is 4.84 Å². The average molecular weight is 354 g/mol. The number of carbonyl (C=O) groups excluding carboxylic acids is 1. The fraction of sp³-hybridized carbons (Fsp3) is 0.125. The second-order valence-electron chi connectivity index (χ2n) is 4.57. The quantitative estimate of drug-likeness (QED) is 0.485. The van der Waals surface area contributed by atoms with Crippen molar-refractivity contribution in [1.82, 2.24) is 10.5 Å². The number of rotatable bonds is 6. The van der Waals surface area contributed by atoms with Crippen molar-refractivity contribution in [3.63, 3.8) is 0 Å². The number of hydroxylamine groups is 1. The summed E-state index contributed by atoms with van der Waals surface area (Å²) in [5.74, 6) is -0.479. The van der Waals surface area contributed by atoms with Gasteiger partial charge in [0.25, 0.3) is 5.91 Å². The maximum atomic E-state index is 12.2. The minimum atomic E-state index is -4.32. The summed E-state index contributed by atoms with van der Waals surface area (Å²) >= 11 is -0.186. The van der Waals surface area contributed by atoms with Crippen LogP contribution in [0.3, 0.4) is 0 Å². The minimum Gasteiger partial charge on any atom is -0.269 e. The molecule has 0 unspecified atom stereocenters. The van der Waals surface area contributed by atoms with E-state index >= 15 is 0 Å². The molecule has 0 saturated heterocycles. The Hall–Kier alpha value is -2.32. The van der Waals surface area contributed by atoms with E-state index in [-0.39, 0.29) is 23.3 Å². The van der Waals surface area contributed by atoms with E-state index in [1.54, 1.807) is 24.5 Å². The second-order valence-corrected chi connectivity index (χ2v) is 5.70. The Morgan fingerprint density at radius 2 is 2.00 bits per heavy atom. The van der Waals surface area contributed by atoms with Crippen LogP contribution in [0, 0.1) is 0 Å². The molecule has 0 aliphatic carbocycles. The van der Waals surface area contributed by atoms with Crippen LogP contribution in [0.25, 0.3) is 6.08 Å². The first-order chi connectivity index (χ1) is 11.4. The lowest BCUT2D eigenvalue weighted by atomic mass is 10.2. The Kier molecular flexibility index (Phi) is 6.39. The number of aromatic nitrogens is 1. The SMILES string of the molecule is O=C(/C=C/c1ccc(SC(F)(F)F)cc1)NOCc1cccnc1. The second kappa shape index (κ2) is 8.51. The van der Waals surface area contributed by atoms with Crippen molar-refractivity contribution in [1.29, 1.82) is 0 Å². The zero-order chi connectivity index (χ0) is 17.4. The number of benzene rings is 1. The van der Waals surface area contributed by atoms with Crippen molar-refractivity contribution in [2.75, 3.05) is 0 Å². The number of hydrogen-bond donors (Lipinski definition) is 1. The van der Waals surface area contributed by atoms with Crippen LogP contribution in [-0.2, 0) is 16.2 Å². The first-order valence-corrected chi connectivity index (χ1v) is 7.58. The summed E-state index contributed by atoms with van der Waals surface area (Å²) in [6.45, 7) is 0.177. The Morgan fingerprint density at radius 1 is 1.25 bits per heavy atom. The highest BCUT2D eigenvalue weighted by Crippen LogP contribution is 2.36. The smallest absolute Gasteiger partial charge is 0.269 e. The zero-order valence-corrected chi connectivity index (χ0v) is 13.1. The molecule has 0 aliphatic heterocycles. The molecule has 126 valence electrons. The third kappa shape index (κ3) is 6.84. The van der Waals surface area contributed by atoms with Crippen molar-refractivity contribution in [3.05, 3.63) is 66.0 Å². The van der Waals surface area contributed by atoms with Crippen molar-refractivity contribution in [3.8, 4) is 0 Å². The summed E-state index contributed by atoms with van der Waals surface area (Å²) in [6, 6.07) is 9.22. The molecular weight excluding hydrogens is 341 g/mol. The van der Waals surface area contributed by atoms with Gasteiger partial charge in [-0.25, -0.2) is 5.48 Å². The highest BCUT2D eigenvalue weighted by Gasteiger charge is 2.28. The molecule has 2 rings (SSSR count). The fourth-order valence-corrected chi connectivity index (χ4v) is 2.20. The van der Waals surface area contributed by atoms with Crippen LogP contribution < -0.4 is 5.48 Å². The number of carbonyl (C=O) groups is 1. The van der Waals surface area contributed by atoms with Crippen LogP contribution >= 0.6 is 11.8 Å². The first kappa shape index (κ1) is 18.0. The highest BCUT2D eigenvalue weighted by atomic mass is 32.2. The van der Waals surface area contributed by atoms with Gasteiger partial charge in [-0.2, -0.15) is 13.2 Å². The van der Waals surface area contributed by atoms with Gasteiger partial charge in [0, 0.05) is 23.4 Å². The summed E-state index contributed by atoms with van der Waals surface area (Å²) < 4.78 is 36.6. The summed E-state index contributed by atoms with van der Waals surface area (Å²) in [5.41, 5.74) is -0.673. The Bertz CT molecular complexity index is 689. The minimum absolute atomic E-state index is 0.0869. The molecule has 1 N–H and O–H groups in total. The van der Waals surface area contributed by atoms with E-state index in [0.717, 1.165) is 5.56 Å². The maximum absolute atomic E-state index is 12.2. The van der Waals surface area contributed by atoms with E-state index in [1.807, 2.05) is 0 Å². The van der Waals surface area contributed by atoms with Gasteiger partial charge in [-0.15, -0.1) is 0 Å². The average Bonchev–Trinajstić information content (AvgIpc) is 2.54. The largest absolute Gasteiger partial charge is 0.446 e. The third-order valence-corrected chi connectivity index (χ3v) is 3.41. The summed E-state index contributed by atoms with van der Waals surface area (Å²) in [6.07, 6.45) is 5.95. The van der Waals surface area contributed by atoms with Crippen LogP contribution in [0.4, 0.5) is 13.2 Å². The van der Waals surface area contributed by atoms with Gasteiger partial charge in [-0.1, -0.05) is 18.2 Å². The van der Waals surface area contributed by atoms with Crippen molar-refractivity contribution in [2.45, 2.75) is 17.0 Å².